The zero-order chi connectivity index (χ0) is 13.0. The minimum Gasteiger partial charge on any atom is -0.310 e. The normalized spacial score (nSPS) is 10.9. The van der Waals surface area contributed by atoms with Gasteiger partial charge in [0.15, 0.2) is 0 Å². The van der Waals surface area contributed by atoms with E-state index in [1.165, 1.54) is 22.3 Å². The van der Waals surface area contributed by atoms with Crippen LogP contribution in [-0.4, -0.2) is 6.04 Å². The van der Waals surface area contributed by atoms with Crippen LogP contribution in [0.5, 0.6) is 0 Å². The fourth-order valence-electron chi connectivity index (χ4n) is 2.21. The quantitative estimate of drug-likeness (QED) is 0.844. The Kier molecular flexibility index (Phi) is 4.16. The topological polar surface area (TPSA) is 12.0 Å². The van der Waals surface area contributed by atoms with Crippen LogP contribution in [0.3, 0.4) is 0 Å². The molecule has 0 spiro atoms. The van der Waals surface area contributed by atoms with E-state index < -0.39 is 0 Å². The van der Waals surface area contributed by atoms with E-state index in [1.807, 2.05) is 0 Å². The Morgan fingerprint density at radius 3 is 2.33 bits per heavy atom. The Balaban J connectivity index is 2.39. The van der Waals surface area contributed by atoms with Crippen molar-refractivity contribution in [3.63, 3.8) is 0 Å². The number of nitrogens with one attached hydrogen (secondary N) is 1. The highest BCUT2D eigenvalue weighted by atomic mass is 14.9. The van der Waals surface area contributed by atoms with Crippen molar-refractivity contribution in [3.05, 3.63) is 59.7 Å². The second kappa shape index (κ2) is 5.83. The van der Waals surface area contributed by atoms with Crippen molar-refractivity contribution in [2.24, 2.45) is 0 Å². The molecule has 94 valence electrons. The molecule has 0 bridgehead atoms. The second-order valence-electron chi connectivity index (χ2n) is 5.01. The van der Waals surface area contributed by atoms with Crippen molar-refractivity contribution in [2.45, 2.75) is 33.4 Å². The van der Waals surface area contributed by atoms with Gasteiger partial charge in [-0.15, -0.1) is 0 Å². The molecular formula is C17H21N. The van der Waals surface area contributed by atoms with E-state index in [0.717, 1.165) is 6.54 Å². The minimum atomic E-state index is 0.508. The first-order valence-electron chi connectivity index (χ1n) is 6.56. The fourth-order valence-corrected chi connectivity index (χ4v) is 2.21. The van der Waals surface area contributed by atoms with Crippen LogP contribution in [0.25, 0.3) is 11.1 Å². The molecule has 1 heteroatoms. The minimum absolute atomic E-state index is 0.508. The molecule has 0 aliphatic heterocycles. The summed E-state index contributed by atoms with van der Waals surface area (Å²) in [7, 11) is 0. The lowest BCUT2D eigenvalue weighted by atomic mass is 9.95. The van der Waals surface area contributed by atoms with Crippen molar-refractivity contribution in [3.8, 4) is 11.1 Å². The highest BCUT2D eigenvalue weighted by Gasteiger charge is 2.07. The number of benzene rings is 2. The number of rotatable bonds is 4. The summed E-state index contributed by atoms with van der Waals surface area (Å²) in [5, 5.41) is 3.50. The third-order valence-electron chi connectivity index (χ3n) is 3.12. The predicted octanol–water partition coefficient (Wildman–Crippen LogP) is 4.16. The van der Waals surface area contributed by atoms with E-state index in [9.17, 15) is 0 Å². The molecule has 2 aromatic carbocycles. The Hall–Kier alpha value is -1.60. The summed E-state index contributed by atoms with van der Waals surface area (Å²) in [6, 6.07) is 17.7. The standard InChI is InChI=1S/C17H21N/c1-13(2)18-12-16-11-7-8-14(3)17(16)15-9-5-4-6-10-15/h4-11,13,18H,12H2,1-3H3. The van der Waals surface area contributed by atoms with Gasteiger partial charge in [0.2, 0.25) is 0 Å². The van der Waals surface area contributed by atoms with Crippen molar-refractivity contribution in [1.29, 1.82) is 0 Å². The van der Waals surface area contributed by atoms with E-state index in [0.29, 0.717) is 6.04 Å². The van der Waals surface area contributed by atoms with Crippen LogP contribution in [0, 0.1) is 6.92 Å². The molecule has 2 rings (SSSR count). The van der Waals surface area contributed by atoms with E-state index in [1.54, 1.807) is 0 Å². The predicted molar refractivity (Wildman–Crippen MR) is 78.6 cm³/mol. The summed E-state index contributed by atoms with van der Waals surface area (Å²) < 4.78 is 0. The Bertz CT molecular complexity index is 500. The van der Waals surface area contributed by atoms with Crippen LogP contribution >= 0.6 is 0 Å². The van der Waals surface area contributed by atoms with Crippen LogP contribution in [0.4, 0.5) is 0 Å². The molecule has 0 amide bonds. The maximum Gasteiger partial charge on any atom is 0.0214 e. The fraction of sp³-hybridized carbons (Fsp3) is 0.294. The van der Waals surface area contributed by atoms with Gasteiger partial charge in [-0.3, -0.25) is 0 Å². The van der Waals surface area contributed by atoms with Crippen LogP contribution in [0.15, 0.2) is 48.5 Å². The molecule has 0 radical (unpaired) electrons. The summed E-state index contributed by atoms with van der Waals surface area (Å²) in [4.78, 5) is 0. The molecule has 2 aromatic rings. The van der Waals surface area contributed by atoms with Crippen molar-refractivity contribution >= 4 is 0 Å². The molecule has 0 saturated heterocycles. The highest BCUT2D eigenvalue weighted by Crippen LogP contribution is 2.27. The molecule has 0 unspecified atom stereocenters. The molecule has 0 aliphatic rings. The van der Waals surface area contributed by atoms with E-state index in [2.05, 4.69) is 74.6 Å². The lowest BCUT2D eigenvalue weighted by Gasteiger charge is -2.15. The van der Waals surface area contributed by atoms with Crippen LogP contribution in [-0.2, 0) is 6.54 Å². The third kappa shape index (κ3) is 2.99. The summed E-state index contributed by atoms with van der Waals surface area (Å²) in [5.74, 6) is 0. The summed E-state index contributed by atoms with van der Waals surface area (Å²) in [6.45, 7) is 7.46. The van der Waals surface area contributed by atoms with Crippen LogP contribution in [0.1, 0.15) is 25.0 Å². The van der Waals surface area contributed by atoms with Gasteiger partial charge in [0.25, 0.3) is 0 Å². The van der Waals surface area contributed by atoms with Gasteiger partial charge in [-0.2, -0.15) is 0 Å². The van der Waals surface area contributed by atoms with Crippen molar-refractivity contribution in [1.82, 2.24) is 5.32 Å². The van der Waals surface area contributed by atoms with Gasteiger partial charge >= 0.3 is 0 Å². The van der Waals surface area contributed by atoms with Gasteiger partial charge in [0.1, 0.15) is 0 Å². The van der Waals surface area contributed by atoms with E-state index in [4.69, 9.17) is 0 Å². The second-order valence-corrected chi connectivity index (χ2v) is 5.01. The zero-order valence-corrected chi connectivity index (χ0v) is 11.4. The molecule has 1 N–H and O–H groups in total. The third-order valence-corrected chi connectivity index (χ3v) is 3.12. The molecule has 0 heterocycles. The molecule has 0 saturated carbocycles. The van der Waals surface area contributed by atoms with Crippen molar-refractivity contribution < 1.29 is 0 Å². The molecule has 18 heavy (non-hydrogen) atoms. The average Bonchev–Trinajstić information content (AvgIpc) is 2.37. The summed E-state index contributed by atoms with van der Waals surface area (Å²) >= 11 is 0. The SMILES string of the molecule is Cc1cccc(CNC(C)C)c1-c1ccccc1. The first-order chi connectivity index (χ1) is 8.68. The van der Waals surface area contributed by atoms with E-state index >= 15 is 0 Å². The maximum absolute atomic E-state index is 3.50. The largest absolute Gasteiger partial charge is 0.310 e. The molecule has 0 aromatic heterocycles. The first kappa shape index (κ1) is 12.8. The number of aryl methyl sites for hydroxylation is 1. The molecule has 0 atom stereocenters. The lowest BCUT2D eigenvalue weighted by Crippen LogP contribution is -2.22. The van der Waals surface area contributed by atoms with E-state index in [-0.39, 0.29) is 0 Å². The van der Waals surface area contributed by atoms with Gasteiger partial charge < -0.3 is 5.32 Å². The number of hydrogen-bond acceptors (Lipinski definition) is 1. The van der Waals surface area contributed by atoms with Crippen LogP contribution < -0.4 is 5.32 Å². The van der Waals surface area contributed by atoms with Crippen LogP contribution in [0.2, 0.25) is 0 Å². The molecule has 0 fully saturated rings. The number of hydrogen-bond donors (Lipinski definition) is 1. The lowest BCUT2D eigenvalue weighted by molar-refractivity contribution is 0.589. The molecule has 1 nitrogen and oxygen atoms in total. The van der Waals surface area contributed by atoms with Gasteiger partial charge in [0, 0.05) is 12.6 Å². The monoisotopic (exact) mass is 239 g/mol. The van der Waals surface area contributed by atoms with Gasteiger partial charge in [-0.25, -0.2) is 0 Å². The van der Waals surface area contributed by atoms with Gasteiger partial charge in [-0.1, -0.05) is 62.4 Å². The highest BCUT2D eigenvalue weighted by molar-refractivity contribution is 5.70. The Morgan fingerprint density at radius 2 is 1.67 bits per heavy atom. The molecule has 0 aliphatic carbocycles. The average molecular weight is 239 g/mol. The Labute approximate surface area is 110 Å². The van der Waals surface area contributed by atoms with Gasteiger partial charge in [-0.05, 0) is 29.2 Å². The summed E-state index contributed by atoms with van der Waals surface area (Å²) in [5.41, 5.74) is 5.38. The smallest absolute Gasteiger partial charge is 0.0214 e. The molecular weight excluding hydrogens is 218 g/mol. The first-order valence-corrected chi connectivity index (χ1v) is 6.56. The Morgan fingerprint density at radius 1 is 0.944 bits per heavy atom. The summed E-state index contributed by atoms with van der Waals surface area (Å²) in [6.07, 6.45) is 0. The van der Waals surface area contributed by atoms with Gasteiger partial charge in [0.05, 0.1) is 0 Å². The maximum atomic E-state index is 3.50. The van der Waals surface area contributed by atoms with Crippen molar-refractivity contribution in [2.75, 3.05) is 0 Å². The zero-order valence-electron chi connectivity index (χ0n) is 11.4.